The smallest absolute Gasteiger partial charge is 0.213 e. The summed E-state index contributed by atoms with van der Waals surface area (Å²) in [5.41, 5.74) is 0. The van der Waals surface area contributed by atoms with Gasteiger partial charge in [-0.25, -0.2) is 4.98 Å². The lowest BCUT2D eigenvalue weighted by molar-refractivity contribution is 0.265. The van der Waals surface area contributed by atoms with Gasteiger partial charge in [0.25, 0.3) is 0 Å². The fourth-order valence-electron chi connectivity index (χ4n) is 0.590. The number of pyridine rings is 1. The summed E-state index contributed by atoms with van der Waals surface area (Å²) in [6.07, 6.45) is 1.62. The summed E-state index contributed by atoms with van der Waals surface area (Å²) in [7, 11) is 0. The topological polar surface area (TPSA) is 42.4 Å². The van der Waals surface area contributed by atoms with Gasteiger partial charge in [-0.2, -0.15) is 0 Å². The van der Waals surface area contributed by atoms with Crippen molar-refractivity contribution in [2.75, 3.05) is 6.61 Å². The molecule has 0 amide bonds. The van der Waals surface area contributed by atoms with Crippen molar-refractivity contribution in [2.45, 2.75) is 0 Å². The van der Waals surface area contributed by atoms with Crippen LogP contribution in [-0.4, -0.2) is 16.7 Å². The minimum atomic E-state index is -0.00402. The Balaban J connectivity index is 2.45. The molecule has 1 aromatic rings. The van der Waals surface area contributed by atoms with E-state index in [1.807, 2.05) is 6.07 Å². The summed E-state index contributed by atoms with van der Waals surface area (Å²) >= 11 is 0. The number of aliphatic hydroxyl groups excluding tert-OH is 1. The van der Waals surface area contributed by atoms with Crippen LogP contribution in [0.15, 0.2) is 36.7 Å². The molecule has 0 aliphatic heterocycles. The van der Waals surface area contributed by atoms with Crippen LogP contribution in [0, 0.1) is 0 Å². The molecule has 0 saturated carbocycles. The maximum absolute atomic E-state index is 8.67. The van der Waals surface area contributed by atoms with Crippen molar-refractivity contribution in [2.24, 2.45) is 0 Å². The van der Waals surface area contributed by atoms with Crippen LogP contribution in [0.4, 0.5) is 0 Å². The van der Waals surface area contributed by atoms with Crippen molar-refractivity contribution in [3.8, 4) is 5.88 Å². The third-order valence-corrected chi connectivity index (χ3v) is 1.02. The summed E-state index contributed by atoms with van der Waals surface area (Å²) in [4.78, 5) is 3.88. The zero-order chi connectivity index (χ0) is 8.10. The average Bonchev–Trinajstić information content (AvgIpc) is 2.03. The molecule has 0 unspecified atom stereocenters. The first-order valence-electron chi connectivity index (χ1n) is 3.19. The number of ether oxygens (including phenoxy) is 1. The SMILES string of the molecule is C=C(O)COc1ccccn1. The van der Waals surface area contributed by atoms with E-state index in [0.717, 1.165) is 0 Å². The zero-order valence-electron chi connectivity index (χ0n) is 6.03. The number of hydrogen-bond donors (Lipinski definition) is 1. The van der Waals surface area contributed by atoms with Crippen LogP contribution in [0.5, 0.6) is 5.88 Å². The van der Waals surface area contributed by atoms with E-state index in [-0.39, 0.29) is 12.4 Å². The van der Waals surface area contributed by atoms with Crippen LogP contribution in [0.3, 0.4) is 0 Å². The summed E-state index contributed by atoms with van der Waals surface area (Å²) < 4.78 is 5.01. The van der Waals surface area contributed by atoms with Crippen LogP contribution in [0.25, 0.3) is 0 Å². The molecule has 0 spiro atoms. The number of nitrogens with zero attached hydrogens (tertiary/aromatic N) is 1. The van der Waals surface area contributed by atoms with E-state index in [4.69, 9.17) is 9.84 Å². The lowest BCUT2D eigenvalue weighted by Gasteiger charge is -2.01. The minimum Gasteiger partial charge on any atom is -0.509 e. The van der Waals surface area contributed by atoms with Gasteiger partial charge >= 0.3 is 0 Å². The van der Waals surface area contributed by atoms with Gasteiger partial charge in [-0.3, -0.25) is 0 Å². The first kappa shape index (κ1) is 7.60. The normalized spacial score (nSPS) is 9.09. The highest BCUT2D eigenvalue weighted by Gasteiger charge is 1.92. The third kappa shape index (κ3) is 2.71. The van der Waals surface area contributed by atoms with Gasteiger partial charge in [0.1, 0.15) is 12.4 Å². The maximum Gasteiger partial charge on any atom is 0.213 e. The van der Waals surface area contributed by atoms with E-state index in [0.29, 0.717) is 5.88 Å². The van der Waals surface area contributed by atoms with Gasteiger partial charge in [0.2, 0.25) is 5.88 Å². The Labute approximate surface area is 65.0 Å². The number of hydrogen-bond acceptors (Lipinski definition) is 3. The first-order valence-corrected chi connectivity index (χ1v) is 3.19. The van der Waals surface area contributed by atoms with E-state index in [1.54, 1.807) is 18.3 Å². The molecule has 1 rings (SSSR count). The van der Waals surface area contributed by atoms with Crippen LogP contribution in [0.2, 0.25) is 0 Å². The molecule has 0 bridgehead atoms. The van der Waals surface area contributed by atoms with Gasteiger partial charge < -0.3 is 9.84 Å². The fourth-order valence-corrected chi connectivity index (χ4v) is 0.590. The zero-order valence-corrected chi connectivity index (χ0v) is 6.03. The molecule has 0 saturated heterocycles. The first-order chi connectivity index (χ1) is 5.29. The van der Waals surface area contributed by atoms with Crippen LogP contribution < -0.4 is 4.74 Å². The van der Waals surface area contributed by atoms with Crippen molar-refractivity contribution in [1.29, 1.82) is 0 Å². The number of rotatable bonds is 3. The molecule has 0 atom stereocenters. The Hall–Kier alpha value is -1.51. The standard InChI is InChI=1S/C8H9NO2/c1-7(10)6-11-8-4-2-3-5-9-8/h2-5,10H,1,6H2. The van der Waals surface area contributed by atoms with Gasteiger partial charge in [-0.15, -0.1) is 0 Å². The average molecular weight is 151 g/mol. The molecule has 11 heavy (non-hydrogen) atoms. The Morgan fingerprint density at radius 1 is 1.64 bits per heavy atom. The van der Waals surface area contributed by atoms with E-state index >= 15 is 0 Å². The highest BCUT2D eigenvalue weighted by atomic mass is 16.5. The van der Waals surface area contributed by atoms with E-state index < -0.39 is 0 Å². The van der Waals surface area contributed by atoms with Gasteiger partial charge in [-0.05, 0) is 6.07 Å². The second-order valence-corrected chi connectivity index (χ2v) is 2.02. The molecule has 3 nitrogen and oxygen atoms in total. The predicted octanol–water partition coefficient (Wildman–Crippen LogP) is 1.53. The van der Waals surface area contributed by atoms with Crippen LogP contribution in [-0.2, 0) is 0 Å². The molecule has 0 aliphatic rings. The minimum absolute atomic E-state index is 0.00402. The van der Waals surface area contributed by atoms with Crippen molar-refractivity contribution in [3.63, 3.8) is 0 Å². The van der Waals surface area contributed by atoms with Crippen molar-refractivity contribution in [3.05, 3.63) is 36.7 Å². The summed E-state index contributed by atoms with van der Waals surface area (Å²) in [5.74, 6) is 0.485. The highest BCUT2D eigenvalue weighted by Crippen LogP contribution is 2.03. The van der Waals surface area contributed by atoms with Crippen LogP contribution >= 0.6 is 0 Å². The number of aliphatic hydroxyl groups is 1. The van der Waals surface area contributed by atoms with Gasteiger partial charge in [-0.1, -0.05) is 12.6 Å². The van der Waals surface area contributed by atoms with Crippen molar-refractivity contribution in [1.82, 2.24) is 4.98 Å². The van der Waals surface area contributed by atoms with Crippen molar-refractivity contribution >= 4 is 0 Å². The molecule has 3 heteroatoms. The Kier molecular flexibility index (Phi) is 2.49. The molecule has 1 N–H and O–H groups in total. The Morgan fingerprint density at radius 2 is 2.45 bits per heavy atom. The Bertz CT molecular complexity index is 233. The van der Waals surface area contributed by atoms with Gasteiger partial charge in [0.15, 0.2) is 0 Å². The molecular formula is C8H9NO2. The third-order valence-electron chi connectivity index (χ3n) is 1.02. The maximum atomic E-state index is 8.67. The van der Waals surface area contributed by atoms with Gasteiger partial charge in [0.05, 0.1) is 0 Å². The second kappa shape index (κ2) is 3.61. The lowest BCUT2D eigenvalue weighted by Crippen LogP contribution is -2.00. The molecule has 0 aromatic carbocycles. The molecule has 1 aromatic heterocycles. The molecule has 0 aliphatic carbocycles. The van der Waals surface area contributed by atoms with Gasteiger partial charge in [0, 0.05) is 12.3 Å². The van der Waals surface area contributed by atoms with Crippen molar-refractivity contribution < 1.29 is 9.84 Å². The lowest BCUT2D eigenvalue weighted by atomic mass is 10.5. The number of aromatic nitrogens is 1. The molecule has 0 radical (unpaired) electrons. The second-order valence-electron chi connectivity index (χ2n) is 2.02. The Morgan fingerprint density at radius 3 is 3.00 bits per heavy atom. The molecular weight excluding hydrogens is 142 g/mol. The van der Waals surface area contributed by atoms with E-state index in [2.05, 4.69) is 11.6 Å². The molecule has 0 fully saturated rings. The van der Waals surface area contributed by atoms with E-state index in [1.165, 1.54) is 0 Å². The quantitative estimate of drug-likeness (QED) is 0.666. The largest absolute Gasteiger partial charge is 0.509 e. The van der Waals surface area contributed by atoms with Crippen LogP contribution in [0.1, 0.15) is 0 Å². The molecule has 1 heterocycles. The molecule has 58 valence electrons. The summed E-state index contributed by atoms with van der Waals surface area (Å²) in [5, 5.41) is 8.67. The summed E-state index contributed by atoms with van der Waals surface area (Å²) in [6.45, 7) is 3.37. The monoisotopic (exact) mass is 151 g/mol. The van der Waals surface area contributed by atoms with E-state index in [9.17, 15) is 0 Å². The highest BCUT2D eigenvalue weighted by molar-refractivity contribution is 5.09. The summed E-state index contributed by atoms with van der Waals surface area (Å²) in [6, 6.07) is 5.31. The fraction of sp³-hybridized carbons (Fsp3) is 0.125. The predicted molar refractivity (Wildman–Crippen MR) is 41.5 cm³/mol.